The van der Waals surface area contributed by atoms with Crippen molar-refractivity contribution in [1.82, 2.24) is 29.7 Å². The van der Waals surface area contributed by atoms with Crippen LogP contribution in [-0.4, -0.2) is 35.6 Å². The molecule has 162 valence electrons. The van der Waals surface area contributed by atoms with Crippen molar-refractivity contribution in [3.8, 4) is 21.7 Å². The Labute approximate surface area is 187 Å². The molecule has 0 saturated carbocycles. The first-order valence-electron chi connectivity index (χ1n) is 10.1. The zero-order chi connectivity index (χ0) is 22.6. The van der Waals surface area contributed by atoms with E-state index in [4.69, 9.17) is 15.2 Å². The molecular weight excluding hydrogens is 426 g/mol. The molecule has 9 nitrogen and oxygen atoms in total. The Bertz CT molecular complexity index is 1440. The van der Waals surface area contributed by atoms with E-state index in [2.05, 4.69) is 39.4 Å². The number of pyridine rings is 1. The normalized spacial score (nSPS) is 12.5. The number of imidazole rings is 1. The molecule has 5 heterocycles. The van der Waals surface area contributed by atoms with Gasteiger partial charge in [0.15, 0.2) is 0 Å². The lowest BCUT2D eigenvalue weighted by Gasteiger charge is -2.09. The van der Waals surface area contributed by atoms with Crippen molar-refractivity contribution in [3.05, 3.63) is 64.1 Å². The molecule has 3 N–H and O–H groups in total. The number of aromatic nitrogens is 6. The largest absolute Gasteiger partial charge is 0.366 e. The number of thiophene rings is 1. The molecule has 0 unspecified atom stereocenters. The van der Waals surface area contributed by atoms with Crippen LogP contribution in [0, 0.1) is 20.8 Å². The van der Waals surface area contributed by atoms with Crippen molar-refractivity contribution in [2.45, 2.75) is 33.6 Å². The van der Waals surface area contributed by atoms with Crippen LogP contribution in [-0.2, 0) is 0 Å². The maximum atomic E-state index is 12.2. The van der Waals surface area contributed by atoms with Crippen LogP contribution in [0.2, 0.25) is 0 Å². The predicted octanol–water partition coefficient (Wildman–Crippen LogP) is 4.01. The van der Waals surface area contributed by atoms with Crippen molar-refractivity contribution in [2.75, 3.05) is 0 Å². The number of amides is 1. The van der Waals surface area contributed by atoms with Crippen LogP contribution in [0.15, 0.2) is 35.2 Å². The van der Waals surface area contributed by atoms with E-state index in [9.17, 15) is 4.79 Å². The summed E-state index contributed by atoms with van der Waals surface area (Å²) in [6, 6.07) is 5.88. The molecule has 0 spiro atoms. The van der Waals surface area contributed by atoms with E-state index >= 15 is 0 Å². The second-order valence-corrected chi connectivity index (χ2v) is 9.04. The summed E-state index contributed by atoms with van der Waals surface area (Å²) in [5.41, 5.74) is 10.7. The van der Waals surface area contributed by atoms with Gasteiger partial charge in [0.1, 0.15) is 23.6 Å². The first-order chi connectivity index (χ1) is 15.3. The number of carbonyl (C=O) groups excluding carboxylic acids is 1. The first-order valence-corrected chi connectivity index (χ1v) is 10.9. The summed E-state index contributed by atoms with van der Waals surface area (Å²) in [4.78, 5) is 23.8. The Kier molecular flexibility index (Phi) is 4.66. The van der Waals surface area contributed by atoms with Gasteiger partial charge in [-0.3, -0.25) is 14.3 Å². The molecule has 0 aromatic carbocycles. The summed E-state index contributed by atoms with van der Waals surface area (Å²) < 4.78 is 7.35. The Morgan fingerprint density at radius 1 is 1.28 bits per heavy atom. The molecule has 0 radical (unpaired) electrons. The fourth-order valence-corrected chi connectivity index (χ4v) is 4.93. The highest BCUT2D eigenvalue weighted by atomic mass is 32.1. The summed E-state index contributed by atoms with van der Waals surface area (Å²) >= 11 is 1.66. The molecule has 0 saturated heterocycles. The Morgan fingerprint density at radius 2 is 2.09 bits per heavy atom. The van der Waals surface area contributed by atoms with Crippen LogP contribution in [0.3, 0.4) is 0 Å². The lowest BCUT2D eigenvalue weighted by molar-refractivity contribution is 0.1000. The third-order valence-electron chi connectivity index (χ3n) is 5.56. The van der Waals surface area contributed by atoms with Crippen LogP contribution in [0.25, 0.3) is 27.3 Å². The highest BCUT2D eigenvalue weighted by molar-refractivity contribution is 7.15. The van der Waals surface area contributed by atoms with Gasteiger partial charge in [0.2, 0.25) is 5.91 Å². The van der Waals surface area contributed by atoms with E-state index in [0.29, 0.717) is 28.5 Å². The van der Waals surface area contributed by atoms with Gasteiger partial charge in [0.05, 0.1) is 39.0 Å². The van der Waals surface area contributed by atoms with Crippen molar-refractivity contribution < 1.29 is 9.32 Å². The van der Waals surface area contributed by atoms with Crippen molar-refractivity contribution in [3.63, 3.8) is 0 Å². The van der Waals surface area contributed by atoms with Gasteiger partial charge in [-0.2, -0.15) is 5.10 Å². The van der Waals surface area contributed by atoms with E-state index in [1.54, 1.807) is 23.6 Å². The smallest absolute Gasteiger partial charge is 0.250 e. The quantitative estimate of drug-likeness (QED) is 0.419. The van der Waals surface area contributed by atoms with Crippen molar-refractivity contribution >= 4 is 22.9 Å². The molecule has 5 aromatic heterocycles. The maximum Gasteiger partial charge on any atom is 0.250 e. The van der Waals surface area contributed by atoms with E-state index in [0.717, 1.165) is 27.4 Å². The minimum absolute atomic E-state index is 0.163. The molecule has 0 aliphatic heterocycles. The average Bonchev–Trinajstić information content (AvgIpc) is 3.54. The summed E-state index contributed by atoms with van der Waals surface area (Å²) in [6.45, 7) is 7.79. The topological polar surface area (TPSA) is 128 Å². The van der Waals surface area contributed by atoms with Crippen LogP contribution in [0.5, 0.6) is 0 Å². The minimum Gasteiger partial charge on any atom is -0.366 e. The number of nitrogens with one attached hydrogen (secondary N) is 1. The van der Waals surface area contributed by atoms with Gasteiger partial charge in [-0.1, -0.05) is 5.16 Å². The van der Waals surface area contributed by atoms with E-state index in [-0.39, 0.29) is 5.92 Å². The predicted molar refractivity (Wildman–Crippen MR) is 121 cm³/mol. The van der Waals surface area contributed by atoms with Gasteiger partial charge in [-0.15, -0.1) is 11.3 Å². The van der Waals surface area contributed by atoms with Gasteiger partial charge in [-0.25, -0.2) is 9.97 Å². The minimum atomic E-state index is -0.522. The van der Waals surface area contributed by atoms with Crippen LogP contribution in [0.1, 0.15) is 51.0 Å². The van der Waals surface area contributed by atoms with E-state index < -0.39 is 5.91 Å². The van der Waals surface area contributed by atoms with Crippen molar-refractivity contribution in [1.29, 1.82) is 0 Å². The third-order valence-corrected chi connectivity index (χ3v) is 6.57. The fourth-order valence-electron chi connectivity index (χ4n) is 4.01. The number of hydrogen-bond donors (Lipinski definition) is 2. The summed E-state index contributed by atoms with van der Waals surface area (Å²) in [5.74, 6) is 0.667. The highest BCUT2D eigenvalue weighted by Crippen LogP contribution is 2.39. The highest BCUT2D eigenvalue weighted by Gasteiger charge is 2.27. The number of rotatable bonds is 5. The van der Waals surface area contributed by atoms with Gasteiger partial charge in [-0.05, 0) is 45.9 Å². The molecular formula is C22H21N7O2S. The zero-order valence-corrected chi connectivity index (χ0v) is 18.8. The van der Waals surface area contributed by atoms with Crippen LogP contribution in [0.4, 0.5) is 0 Å². The molecule has 0 aliphatic carbocycles. The molecule has 0 bridgehead atoms. The third kappa shape index (κ3) is 3.11. The van der Waals surface area contributed by atoms with Gasteiger partial charge in [0, 0.05) is 16.6 Å². The zero-order valence-electron chi connectivity index (χ0n) is 18.0. The first kappa shape index (κ1) is 20.1. The Hall–Kier alpha value is -3.79. The number of aromatic amines is 1. The van der Waals surface area contributed by atoms with E-state index in [1.807, 2.05) is 25.2 Å². The number of primary amides is 1. The molecule has 5 aromatic rings. The second-order valence-electron chi connectivity index (χ2n) is 7.75. The Morgan fingerprint density at radius 3 is 2.69 bits per heavy atom. The lowest BCUT2D eigenvalue weighted by atomic mass is 10.0. The molecule has 0 fully saturated rings. The molecule has 10 heteroatoms. The molecule has 0 aliphatic rings. The molecule has 1 amide bonds. The molecule has 32 heavy (non-hydrogen) atoms. The molecule has 5 rings (SSSR count). The lowest BCUT2D eigenvalue weighted by Crippen LogP contribution is -2.12. The van der Waals surface area contributed by atoms with Crippen LogP contribution >= 0.6 is 11.3 Å². The number of nitrogens with two attached hydrogens (primary N) is 1. The summed E-state index contributed by atoms with van der Waals surface area (Å²) in [7, 11) is 0. The summed E-state index contributed by atoms with van der Waals surface area (Å²) in [6.07, 6.45) is 3.23. The Balaban J connectivity index is 1.90. The second kappa shape index (κ2) is 7.41. The number of H-pyrrole nitrogens is 1. The van der Waals surface area contributed by atoms with Gasteiger partial charge >= 0.3 is 0 Å². The van der Waals surface area contributed by atoms with Gasteiger partial charge < -0.3 is 10.3 Å². The average molecular weight is 448 g/mol. The van der Waals surface area contributed by atoms with Crippen molar-refractivity contribution in [2.24, 2.45) is 5.73 Å². The van der Waals surface area contributed by atoms with E-state index in [1.165, 1.54) is 11.2 Å². The van der Waals surface area contributed by atoms with Crippen LogP contribution < -0.4 is 5.73 Å². The number of fused-ring (bicyclic) bond motifs is 1. The number of aryl methyl sites for hydroxylation is 3. The summed E-state index contributed by atoms with van der Waals surface area (Å²) in [5, 5.41) is 11.0. The number of nitrogens with zero attached hydrogens (tertiary/aromatic N) is 5. The number of hydrogen-bond acceptors (Lipinski definition) is 7. The van der Waals surface area contributed by atoms with Gasteiger partial charge in [0.25, 0.3) is 0 Å². The monoisotopic (exact) mass is 447 g/mol. The SMILES string of the molecule is Cc1ccc(-c2c([C@H](C)c3ncn[nH]3)nc3c(-c4c(C)noc4C)cc(C(N)=O)cn23)s1. The fraction of sp³-hybridized carbons (Fsp3) is 0.227. The number of carbonyl (C=O) groups is 1. The maximum absolute atomic E-state index is 12.2. The standard InChI is InChI=1S/C22H21N7O2S/c1-10-5-6-16(32-10)19-18(11(2)21-24-9-25-27-21)26-22-15(17-12(3)28-31-13(17)4)7-14(20(23)30)8-29(19)22/h5-9,11H,1-4H3,(H2,23,30)(H,24,25,27)/t11-/m0/s1. The molecule has 1 atom stereocenters.